The lowest BCUT2D eigenvalue weighted by Crippen LogP contribution is -2.54. The monoisotopic (exact) mass is 555 g/mol. The van der Waals surface area contributed by atoms with E-state index >= 15 is 0 Å². The lowest BCUT2D eigenvalue weighted by atomic mass is 10.1. The minimum absolute atomic E-state index is 0.00538. The fourth-order valence-corrected chi connectivity index (χ4v) is 3.90. The lowest BCUT2D eigenvalue weighted by molar-refractivity contribution is -0.138. The van der Waals surface area contributed by atoms with Crippen LogP contribution in [-0.2, 0) is 28.8 Å². The van der Waals surface area contributed by atoms with Gasteiger partial charge in [0, 0.05) is 26.1 Å². The second kappa shape index (κ2) is 17.5. The van der Waals surface area contributed by atoms with Crippen molar-refractivity contribution >= 4 is 41.5 Å². The van der Waals surface area contributed by atoms with E-state index in [4.69, 9.17) is 22.3 Å². The number of nitrogens with one attached hydrogen (secondary N) is 4. The average Bonchev–Trinajstić information content (AvgIpc) is 3.38. The van der Waals surface area contributed by atoms with Gasteiger partial charge in [-0.05, 0) is 45.4 Å². The van der Waals surface area contributed by atoms with Crippen molar-refractivity contribution in [1.29, 1.82) is 0 Å². The van der Waals surface area contributed by atoms with Crippen molar-refractivity contribution < 1.29 is 33.9 Å². The van der Waals surface area contributed by atoms with Crippen molar-refractivity contribution in [2.75, 3.05) is 32.7 Å². The third-order valence-corrected chi connectivity index (χ3v) is 5.94. The maximum Gasteiger partial charge on any atom is 0.303 e. The molecule has 1 aliphatic rings. The van der Waals surface area contributed by atoms with Gasteiger partial charge >= 0.3 is 5.97 Å². The van der Waals surface area contributed by atoms with E-state index in [1.165, 1.54) is 11.8 Å². The summed E-state index contributed by atoms with van der Waals surface area (Å²) in [5.41, 5.74) is 16.0. The lowest BCUT2D eigenvalue weighted by Gasteiger charge is -2.24. The molecule has 0 aromatic heterocycles. The van der Waals surface area contributed by atoms with E-state index in [9.17, 15) is 28.8 Å². The summed E-state index contributed by atoms with van der Waals surface area (Å²) in [4.78, 5) is 78.0. The Morgan fingerprint density at radius 2 is 1.74 bits per heavy atom. The number of carbonyl (C=O) groups excluding carboxylic acids is 5. The Morgan fingerprint density at radius 3 is 2.38 bits per heavy atom. The van der Waals surface area contributed by atoms with Gasteiger partial charge in [0.2, 0.25) is 29.5 Å². The van der Waals surface area contributed by atoms with Crippen molar-refractivity contribution in [3.63, 3.8) is 0 Å². The van der Waals surface area contributed by atoms with Crippen LogP contribution in [0.3, 0.4) is 0 Å². The summed E-state index contributed by atoms with van der Waals surface area (Å²) < 4.78 is 0. The van der Waals surface area contributed by atoms with Gasteiger partial charge in [0.05, 0.1) is 13.1 Å². The molecule has 16 heteroatoms. The first kappa shape index (κ1) is 33.1. The van der Waals surface area contributed by atoms with E-state index < -0.39 is 54.3 Å². The summed E-state index contributed by atoms with van der Waals surface area (Å²) >= 11 is 0. The average molecular weight is 556 g/mol. The van der Waals surface area contributed by atoms with Gasteiger partial charge in [0.15, 0.2) is 5.96 Å². The van der Waals surface area contributed by atoms with Crippen LogP contribution in [0, 0.1) is 0 Å². The predicted molar refractivity (Wildman–Crippen MR) is 141 cm³/mol. The van der Waals surface area contributed by atoms with Gasteiger partial charge in [-0.25, -0.2) is 0 Å². The molecule has 0 aliphatic carbocycles. The van der Waals surface area contributed by atoms with Gasteiger partial charge in [-0.3, -0.25) is 33.8 Å². The molecule has 1 aliphatic heterocycles. The third kappa shape index (κ3) is 12.9. The molecule has 0 unspecified atom stereocenters. The van der Waals surface area contributed by atoms with Crippen LogP contribution >= 0.6 is 0 Å². The fraction of sp³-hybridized carbons (Fsp3) is 0.696. The van der Waals surface area contributed by atoms with E-state index in [0.29, 0.717) is 38.6 Å². The zero-order chi connectivity index (χ0) is 29.4. The Labute approximate surface area is 226 Å². The van der Waals surface area contributed by atoms with Crippen LogP contribution in [0.5, 0.6) is 0 Å². The zero-order valence-electron chi connectivity index (χ0n) is 22.2. The second-order valence-electron chi connectivity index (χ2n) is 9.11. The number of aliphatic imine (C=N–C) groups is 1. The Kier molecular flexibility index (Phi) is 14.9. The largest absolute Gasteiger partial charge is 0.481 e. The van der Waals surface area contributed by atoms with Gasteiger partial charge in [-0.15, -0.1) is 0 Å². The number of rotatable bonds is 17. The highest BCUT2D eigenvalue weighted by atomic mass is 16.4. The predicted octanol–water partition coefficient (Wildman–Crippen LogP) is -3.53. The van der Waals surface area contributed by atoms with Crippen LogP contribution in [0.1, 0.15) is 51.9 Å². The van der Waals surface area contributed by atoms with E-state index in [0.717, 1.165) is 0 Å². The summed E-state index contributed by atoms with van der Waals surface area (Å²) in [7, 11) is 0. The summed E-state index contributed by atoms with van der Waals surface area (Å²) in [6.45, 7) is 1.69. The number of unbranched alkanes of at least 4 members (excludes halogenated alkanes) is 1. The molecule has 0 bridgehead atoms. The molecule has 3 atom stereocenters. The number of hydrogen-bond acceptors (Lipinski definition) is 8. The molecular formula is C23H41N9O7. The molecule has 1 fully saturated rings. The number of guanidine groups is 1. The minimum Gasteiger partial charge on any atom is -0.481 e. The number of hydrogen-bond donors (Lipinski definition) is 8. The van der Waals surface area contributed by atoms with Crippen LogP contribution in [0.2, 0.25) is 0 Å². The molecule has 16 nitrogen and oxygen atoms in total. The van der Waals surface area contributed by atoms with Gasteiger partial charge in [0.1, 0.15) is 18.1 Å². The van der Waals surface area contributed by atoms with Crippen molar-refractivity contribution in [3.05, 3.63) is 0 Å². The Morgan fingerprint density at radius 1 is 1.03 bits per heavy atom. The molecule has 0 aromatic carbocycles. The quantitative estimate of drug-likeness (QED) is 0.0497. The van der Waals surface area contributed by atoms with Crippen molar-refractivity contribution in [2.24, 2.45) is 22.2 Å². The molecule has 0 radical (unpaired) electrons. The van der Waals surface area contributed by atoms with Gasteiger partial charge in [0.25, 0.3) is 0 Å². The zero-order valence-corrected chi connectivity index (χ0v) is 22.2. The Hall–Kier alpha value is -3.95. The smallest absolute Gasteiger partial charge is 0.303 e. The molecule has 1 rings (SSSR count). The first-order valence-corrected chi connectivity index (χ1v) is 12.9. The number of carbonyl (C=O) groups is 6. The normalized spacial score (nSPS) is 15.9. The second-order valence-corrected chi connectivity index (χ2v) is 9.11. The molecule has 39 heavy (non-hydrogen) atoms. The van der Waals surface area contributed by atoms with E-state index in [1.54, 1.807) is 0 Å². The number of carboxylic acids is 1. The molecule has 220 valence electrons. The molecule has 1 heterocycles. The fourth-order valence-electron chi connectivity index (χ4n) is 3.90. The van der Waals surface area contributed by atoms with E-state index in [1.807, 2.05) is 0 Å². The van der Waals surface area contributed by atoms with Crippen LogP contribution in [0.25, 0.3) is 0 Å². The molecule has 0 saturated carbocycles. The minimum atomic E-state index is -1.05. The number of carboxylic acid groups (broad SMARTS) is 1. The highest BCUT2D eigenvalue weighted by Gasteiger charge is 2.33. The molecule has 0 aromatic rings. The SMILES string of the molecule is C[C@H](NC(=O)[C@H](CCCN=C(N)N)NC(=O)CNC(=O)[C@@H]1CCCN1C(=O)CN)C(=O)NCCCCC(=O)O. The van der Waals surface area contributed by atoms with Crippen LogP contribution in [0.15, 0.2) is 4.99 Å². The van der Waals surface area contributed by atoms with Crippen molar-refractivity contribution in [1.82, 2.24) is 26.2 Å². The van der Waals surface area contributed by atoms with E-state index in [-0.39, 0.29) is 44.3 Å². The highest BCUT2D eigenvalue weighted by molar-refractivity contribution is 5.94. The van der Waals surface area contributed by atoms with Crippen LogP contribution in [0.4, 0.5) is 0 Å². The first-order valence-electron chi connectivity index (χ1n) is 12.9. The highest BCUT2D eigenvalue weighted by Crippen LogP contribution is 2.17. The molecular weight excluding hydrogens is 514 g/mol. The van der Waals surface area contributed by atoms with Crippen molar-refractivity contribution in [2.45, 2.75) is 70.0 Å². The molecule has 11 N–H and O–H groups in total. The molecule has 5 amide bonds. The number of nitrogens with two attached hydrogens (primary N) is 3. The summed E-state index contributed by atoms with van der Waals surface area (Å²) in [5.74, 6) is -3.62. The Bertz CT molecular complexity index is 908. The summed E-state index contributed by atoms with van der Waals surface area (Å²) in [5, 5.41) is 18.8. The maximum atomic E-state index is 12.9. The molecule has 1 saturated heterocycles. The third-order valence-electron chi connectivity index (χ3n) is 5.94. The van der Waals surface area contributed by atoms with Gasteiger partial charge in [-0.1, -0.05) is 0 Å². The standard InChI is InChI=1S/C23H41N9O7/c1-14(20(37)27-9-3-2-8-19(35)36)30-21(38)15(6-4-10-28-23(25)26)31-17(33)13-29-22(39)16-7-5-11-32(16)18(34)12-24/h14-16H,2-13,24H2,1H3,(H,27,37)(H,29,39)(H,30,38)(H,31,33)(H,35,36)(H4,25,26,28)/t14-,15-,16-/m0/s1. The van der Waals surface area contributed by atoms with Crippen LogP contribution < -0.4 is 38.5 Å². The summed E-state index contributed by atoms with van der Waals surface area (Å²) in [6.07, 6.45) is 2.44. The number of aliphatic carboxylic acids is 1. The maximum absolute atomic E-state index is 12.9. The Balaban J connectivity index is 2.65. The number of amides is 5. The topological polar surface area (TPSA) is 264 Å². The van der Waals surface area contributed by atoms with E-state index in [2.05, 4.69) is 26.3 Å². The van der Waals surface area contributed by atoms with Crippen LogP contribution in [-0.4, -0.2) is 102 Å². The number of likely N-dealkylation sites (tertiary alicyclic amines) is 1. The summed E-state index contributed by atoms with van der Waals surface area (Å²) in [6, 6.07) is -2.69. The number of nitrogens with zero attached hydrogens (tertiary/aromatic N) is 2. The van der Waals surface area contributed by atoms with Crippen molar-refractivity contribution in [3.8, 4) is 0 Å². The molecule has 0 spiro atoms. The van der Waals surface area contributed by atoms with Gasteiger partial charge < -0.3 is 48.5 Å². The first-order chi connectivity index (χ1) is 18.5. The van der Waals surface area contributed by atoms with Gasteiger partial charge in [-0.2, -0.15) is 0 Å².